The van der Waals surface area contributed by atoms with E-state index in [1.54, 1.807) is 33.1 Å². The zero-order valence-electron chi connectivity index (χ0n) is 20.1. The van der Waals surface area contributed by atoms with Gasteiger partial charge in [0.2, 0.25) is 5.78 Å². The van der Waals surface area contributed by atoms with E-state index in [0.717, 1.165) is 0 Å². The molecule has 1 aromatic carbocycles. The van der Waals surface area contributed by atoms with Crippen LogP contribution in [0.25, 0.3) is 0 Å². The summed E-state index contributed by atoms with van der Waals surface area (Å²) in [4.78, 5) is 53.8. The number of aliphatic hydroxyl groups is 3. The molecule has 1 aromatic rings. The Morgan fingerprint density at radius 3 is 2.22 bits per heavy atom. The van der Waals surface area contributed by atoms with Gasteiger partial charge in [-0.15, -0.1) is 0 Å². The Bertz CT molecular complexity index is 1310. The molecule has 12 nitrogen and oxygen atoms in total. The Morgan fingerprint density at radius 2 is 1.72 bits per heavy atom. The molecule has 4 rings (SSSR count). The Morgan fingerprint density at radius 1 is 1.11 bits per heavy atom. The number of fused-ring (bicyclic) bond motifs is 3. The maximum Gasteiger partial charge on any atom is 0.339 e. The van der Waals surface area contributed by atoms with Crippen LogP contribution in [0, 0.1) is 11.8 Å². The van der Waals surface area contributed by atoms with Crippen LogP contribution in [-0.4, -0.2) is 93.7 Å². The standard InChI is InChI=1S/C24H27N3O9/c1-26(2)12-7-10(23(34)35)17(28)14-9(12)5-8-6-11-16(27(3)4)19(30)15(22(25)33)21(32)24(11,36)20(31)13(8)18(14)29/h7-8,11,16,28,30-31,36H,5-6H2,1-4H3,(H2,25,33)(H,34,35)/t8?,11?,16?,24-/m0/s1. The van der Waals surface area contributed by atoms with Crippen LogP contribution in [0.1, 0.15) is 32.7 Å². The highest BCUT2D eigenvalue weighted by Gasteiger charge is 2.63. The summed E-state index contributed by atoms with van der Waals surface area (Å²) in [5.74, 6) is -9.40. The van der Waals surface area contributed by atoms with Gasteiger partial charge in [0.25, 0.3) is 5.91 Å². The summed E-state index contributed by atoms with van der Waals surface area (Å²) in [6.45, 7) is 0. The van der Waals surface area contributed by atoms with Crippen LogP contribution in [0.5, 0.6) is 5.75 Å². The molecule has 3 unspecified atom stereocenters. The first-order valence-electron chi connectivity index (χ1n) is 11.1. The van der Waals surface area contributed by atoms with Gasteiger partial charge < -0.3 is 36.2 Å². The number of allylic oxidation sites excluding steroid dienone is 1. The topological polar surface area (TPSA) is 202 Å². The number of nitrogens with two attached hydrogens (primary N) is 1. The van der Waals surface area contributed by atoms with Crippen LogP contribution in [0.2, 0.25) is 0 Å². The SMILES string of the molecule is CN(C)c1cc(C(=O)O)c(O)c2c1CC1CC3C(N(C)C)C(O)=C(C(N)=O)C(=O)[C@@]3(O)C(O)=C1C2=O. The van der Waals surface area contributed by atoms with E-state index < -0.39 is 75.3 Å². The number of carboxylic acid groups (broad SMARTS) is 1. The van der Waals surface area contributed by atoms with E-state index in [1.807, 2.05) is 0 Å². The Kier molecular flexibility index (Phi) is 5.65. The number of carbonyl (C=O) groups excluding carboxylic acids is 3. The number of carboxylic acids is 1. The number of hydrogen-bond donors (Lipinski definition) is 6. The molecule has 3 aliphatic rings. The van der Waals surface area contributed by atoms with Crippen molar-refractivity contribution in [1.82, 2.24) is 4.90 Å². The van der Waals surface area contributed by atoms with Gasteiger partial charge in [0.05, 0.1) is 11.6 Å². The highest BCUT2D eigenvalue weighted by molar-refractivity contribution is 6.25. The average molecular weight is 501 g/mol. The monoisotopic (exact) mass is 501 g/mol. The number of aromatic carboxylic acids is 1. The lowest BCUT2D eigenvalue weighted by molar-refractivity contribution is -0.148. The number of ketones is 2. The largest absolute Gasteiger partial charge is 0.510 e. The van der Waals surface area contributed by atoms with Gasteiger partial charge in [0, 0.05) is 31.3 Å². The van der Waals surface area contributed by atoms with Crippen molar-refractivity contribution in [2.45, 2.75) is 24.5 Å². The van der Waals surface area contributed by atoms with Crippen LogP contribution in [0.15, 0.2) is 28.7 Å². The summed E-state index contributed by atoms with van der Waals surface area (Å²) in [7, 11) is 6.37. The summed E-state index contributed by atoms with van der Waals surface area (Å²) in [5.41, 5.74) is 1.15. The van der Waals surface area contributed by atoms with E-state index in [-0.39, 0.29) is 24.0 Å². The van der Waals surface area contributed by atoms with Gasteiger partial charge in [0.15, 0.2) is 11.4 Å². The van der Waals surface area contributed by atoms with E-state index in [1.165, 1.54) is 11.0 Å². The summed E-state index contributed by atoms with van der Waals surface area (Å²) in [6, 6.07) is 0.157. The number of anilines is 1. The minimum Gasteiger partial charge on any atom is -0.510 e. The number of phenols is 1. The van der Waals surface area contributed by atoms with Crippen molar-refractivity contribution in [2.75, 3.05) is 33.1 Å². The van der Waals surface area contributed by atoms with Gasteiger partial charge in [0.1, 0.15) is 28.4 Å². The van der Waals surface area contributed by atoms with Crippen LogP contribution in [-0.2, 0) is 16.0 Å². The molecule has 7 N–H and O–H groups in total. The first kappa shape index (κ1) is 25.2. The number of aromatic hydroxyl groups is 1. The third-order valence-electron chi connectivity index (χ3n) is 7.41. The molecule has 0 radical (unpaired) electrons. The average Bonchev–Trinajstić information content (AvgIpc) is 2.75. The molecular weight excluding hydrogens is 474 g/mol. The fraction of sp³-hybridized carbons (Fsp3) is 0.417. The number of amides is 1. The van der Waals surface area contributed by atoms with Crippen LogP contribution >= 0.6 is 0 Å². The minimum atomic E-state index is -2.76. The molecule has 0 saturated heterocycles. The first-order valence-corrected chi connectivity index (χ1v) is 11.1. The molecule has 0 bridgehead atoms. The predicted octanol–water partition coefficient (Wildman–Crippen LogP) is -0.115. The smallest absolute Gasteiger partial charge is 0.339 e. The molecule has 0 aliphatic heterocycles. The lowest BCUT2D eigenvalue weighted by atomic mass is 9.58. The van der Waals surface area contributed by atoms with E-state index in [2.05, 4.69) is 0 Å². The molecule has 4 atom stereocenters. The normalized spacial score (nSPS) is 27.6. The van der Waals surface area contributed by atoms with Crippen molar-refractivity contribution in [3.8, 4) is 5.75 Å². The van der Waals surface area contributed by atoms with E-state index in [9.17, 15) is 44.7 Å². The lowest BCUT2D eigenvalue weighted by Crippen LogP contribution is -2.63. The second kappa shape index (κ2) is 8.07. The summed E-state index contributed by atoms with van der Waals surface area (Å²) in [6.07, 6.45) is 0.00951. The lowest BCUT2D eigenvalue weighted by Gasteiger charge is -2.50. The van der Waals surface area contributed by atoms with E-state index in [0.29, 0.717) is 11.3 Å². The first-order chi connectivity index (χ1) is 16.7. The molecule has 192 valence electrons. The summed E-state index contributed by atoms with van der Waals surface area (Å²) >= 11 is 0. The van der Waals surface area contributed by atoms with Gasteiger partial charge in [-0.2, -0.15) is 0 Å². The number of carbonyl (C=O) groups is 4. The minimum absolute atomic E-state index is 0.0555. The number of hydrogen-bond acceptors (Lipinski definition) is 10. The van der Waals surface area contributed by atoms with Gasteiger partial charge in [-0.3, -0.25) is 19.3 Å². The number of rotatable bonds is 4. The zero-order chi connectivity index (χ0) is 27.0. The molecule has 36 heavy (non-hydrogen) atoms. The van der Waals surface area contributed by atoms with Crippen molar-refractivity contribution in [3.63, 3.8) is 0 Å². The molecule has 0 saturated carbocycles. The van der Waals surface area contributed by atoms with Crippen LogP contribution in [0.4, 0.5) is 5.69 Å². The third-order valence-corrected chi connectivity index (χ3v) is 7.41. The van der Waals surface area contributed by atoms with Crippen molar-refractivity contribution in [2.24, 2.45) is 17.6 Å². The Balaban J connectivity index is 2.01. The van der Waals surface area contributed by atoms with E-state index >= 15 is 0 Å². The highest BCUT2D eigenvalue weighted by atomic mass is 16.4. The van der Waals surface area contributed by atoms with E-state index in [4.69, 9.17) is 5.73 Å². The Labute approximate surface area is 205 Å². The van der Waals surface area contributed by atoms with Gasteiger partial charge in [-0.05, 0) is 44.5 Å². The zero-order valence-corrected chi connectivity index (χ0v) is 20.1. The third kappa shape index (κ3) is 3.14. The second-order valence-electron chi connectivity index (χ2n) is 9.81. The quantitative estimate of drug-likeness (QED) is 0.300. The van der Waals surface area contributed by atoms with Crippen molar-refractivity contribution >= 4 is 29.1 Å². The predicted molar refractivity (Wildman–Crippen MR) is 125 cm³/mol. The number of aliphatic hydroxyl groups excluding tert-OH is 2. The Hall–Kier alpha value is -3.90. The number of primary amides is 1. The molecule has 1 amide bonds. The van der Waals surface area contributed by atoms with Crippen LogP contribution < -0.4 is 10.6 Å². The number of likely N-dealkylation sites (N-methyl/N-ethyl adjacent to an activating group) is 1. The van der Waals surface area contributed by atoms with Crippen molar-refractivity contribution < 1.29 is 44.7 Å². The summed E-state index contributed by atoms with van der Waals surface area (Å²) < 4.78 is 0. The number of Topliss-reactive ketones (excluding diaryl/α,β-unsaturated/α-hetero) is 2. The molecule has 0 aromatic heterocycles. The molecular formula is C24H27N3O9. The van der Waals surface area contributed by atoms with Gasteiger partial charge in [-0.25, -0.2) is 4.79 Å². The second-order valence-corrected chi connectivity index (χ2v) is 9.81. The highest BCUT2D eigenvalue weighted by Crippen LogP contribution is 2.53. The molecule has 12 heteroatoms. The van der Waals surface area contributed by atoms with Gasteiger partial charge in [-0.1, -0.05) is 0 Å². The molecule has 0 heterocycles. The van der Waals surface area contributed by atoms with Gasteiger partial charge >= 0.3 is 5.97 Å². The van der Waals surface area contributed by atoms with Crippen molar-refractivity contribution in [1.29, 1.82) is 0 Å². The number of benzene rings is 1. The summed E-state index contributed by atoms with van der Waals surface area (Å²) in [5, 5.41) is 53.9. The van der Waals surface area contributed by atoms with Crippen molar-refractivity contribution in [3.05, 3.63) is 45.4 Å². The fourth-order valence-corrected chi connectivity index (χ4v) is 5.86. The molecule has 3 aliphatic carbocycles. The molecule has 0 spiro atoms. The van der Waals surface area contributed by atoms with Crippen LogP contribution in [0.3, 0.4) is 0 Å². The number of nitrogens with zero attached hydrogens (tertiary/aromatic N) is 2. The fourth-order valence-electron chi connectivity index (χ4n) is 5.86. The maximum atomic E-state index is 13.7. The maximum absolute atomic E-state index is 13.7. The molecule has 0 fully saturated rings.